The smallest absolute Gasteiger partial charge is 0.343 e. The van der Waals surface area contributed by atoms with E-state index in [2.05, 4.69) is 6.58 Å². The molecule has 0 saturated carbocycles. The number of aliphatic hydroxyl groups is 3. The van der Waals surface area contributed by atoms with E-state index in [4.69, 9.17) is 14.2 Å². The lowest BCUT2D eigenvalue weighted by Gasteiger charge is -2.48. The number of aliphatic hydroxyl groups excluding tert-OH is 2. The molecule has 0 spiro atoms. The first-order valence-electron chi connectivity index (χ1n) is 11.7. The Kier molecular flexibility index (Phi) is 8.01. The molecule has 2 aliphatic rings. The predicted octanol–water partition coefficient (Wildman–Crippen LogP) is -0.296. The number of benzene rings is 1. The van der Waals surface area contributed by atoms with Gasteiger partial charge in [0.25, 0.3) is 0 Å². The molecule has 0 aliphatic carbocycles. The highest BCUT2D eigenvalue weighted by Gasteiger charge is 2.84. The third kappa shape index (κ3) is 4.56. The number of carboxylic acid groups (broad SMARTS) is 3. The highest BCUT2D eigenvalue weighted by atomic mass is 16.8. The van der Waals surface area contributed by atoms with Crippen molar-refractivity contribution < 1.29 is 64.0 Å². The van der Waals surface area contributed by atoms with Crippen LogP contribution in [0.2, 0.25) is 0 Å². The van der Waals surface area contributed by atoms with Crippen molar-refractivity contribution in [3.63, 3.8) is 0 Å². The van der Waals surface area contributed by atoms with Gasteiger partial charge in [0, 0.05) is 19.3 Å². The minimum Gasteiger partial charge on any atom is -0.479 e. The van der Waals surface area contributed by atoms with Crippen molar-refractivity contribution >= 4 is 23.9 Å². The molecule has 3 rings (SSSR count). The largest absolute Gasteiger partial charge is 0.479 e. The van der Waals surface area contributed by atoms with E-state index in [-0.39, 0.29) is 17.9 Å². The zero-order chi connectivity index (χ0) is 28.6. The zero-order valence-electron chi connectivity index (χ0n) is 20.6. The monoisotopic (exact) mass is 538 g/mol. The van der Waals surface area contributed by atoms with E-state index in [1.807, 2.05) is 30.3 Å². The Morgan fingerprint density at radius 2 is 1.66 bits per heavy atom. The van der Waals surface area contributed by atoms with E-state index in [1.165, 1.54) is 6.92 Å². The molecule has 0 amide bonds. The van der Waals surface area contributed by atoms with Gasteiger partial charge in [0.2, 0.25) is 17.3 Å². The van der Waals surface area contributed by atoms with Gasteiger partial charge in [-0.3, -0.25) is 4.79 Å². The van der Waals surface area contributed by atoms with Crippen LogP contribution in [0.15, 0.2) is 42.5 Å². The standard InChI is InChI=1S/C25H30O13/c1-12(16(36-14(3)26)13(2)11-15-7-5-4-6-8-15)9-10-23-17(27)18(28)25(38-23,22(33)34)24(35,21(31)32)19(37-23)20(29)30/h4-8,13,16-19,27-28,35H,1,9-11H2,2-3H3,(H,29,30)(H,31,32)(H,33,34)/t13-,16-,17-,18-,19-,23+,24-,25+/m1/s1. The van der Waals surface area contributed by atoms with Crippen molar-refractivity contribution in [2.75, 3.05) is 0 Å². The molecular weight excluding hydrogens is 508 g/mol. The number of carbonyl (C=O) groups excluding carboxylic acids is 1. The maximum Gasteiger partial charge on any atom is 0.343 e. The molecule has 2 bridgehead atoms. The second kappa shape index (κ2) is 10.4. The highest BCUT2D eigenvalue weighted by Crippen LogP contribution is 2.54. The summed E-state index contributed by atoms with van der Waals surface area (Å²) in [5, 5.41) is 61.3. The van der Waals surface area contributed by atoms with Crippen molar-refractivity contribution in [3.8, 4) is 0 Å². The average Bonchev–Trinajstić information content (AvgIpc) is 3.04. The normalized spacial score (nSPS) is 33.7. The first kappa shape index (κ1) is 29.2. The summed E-state index contributed by atoms with van der Waals surface area (Å²) in [4.78, 5) is 47.9. The highest BCUT2D eigenvalue weighted by molar-refractivity contribution is 5.97. The summed E-state index contributed by atoms with van der Waals surface area (Å²) in [7, 11) is 0. The second-order valence-corrected chi connectivity index (χ2v) is 9.61. The third-order valence-corrected chi connectivity index (χ3v) is 7.04. The Hall–Kier alpha value is -3.36. The van der Waals surface area contributed by atoms with Gasteiger partial charge < -0.3 is 44.8 Å². The van der Waals surface area contributed by atoms with Gasteiger partial charge in [0.15, 0.2) is 5.79 Å². The van der Waals surface area contributed by atoms with E-state index >= 15 is 0 Å². The van der Waals surface area contributed by atoms with Crippen LogP contribution in [0.25, 0.3) is 0 Å². The topological polar surface area (TPSA) is 217 Å². The molecule has 2 saturated heterocycles. The maximum absolute atomic E-state index is 12.2. The van der Waals surface area contributed by atoms with Crippen molar-refractivity contribution in [2.24, 2.45) is 5.92 Å². The molecule has 0 unspecified atom stereocenters. The Bertz CT molecular complexity index is 1120. The van der Waals surface area contributed by atoms with Crippen LogP contribution in [-0.2, 0) is 39.8 Å². The molecule has 208 valence electrons. The molecule has 0 aromatic heterocycles. The predicted molar refractivity (Wildman–Crippen MR) is 125 cm³/mol. The first-order valence-corrected chi connectivity index (χ1v) is 11.7. The van der Waals surface area contributed by atoms with E-state index in [0.29, 0.717) is 6.42 Å². The van der Waals surface area contributed by atoms with Crippen LogP contribution in [0.5, 0.6) is 0 Å². The fraction of sp³-hybridized carbons (Fsp3) is 0.520. The number of fused-ring (bicyclic) bond motifs is 2. The van der Waals surface area contributed by atoms with Gasteiger partial charge in [0.1, 0.15) is 18.3 Å². The summed E-state index contributed by atoms with van der Waals surface area (Å²) in [5.74, 6) is -10.1. The number of carbonyl (C=O) groups is 4. The number of carboxylic acids is 3. The molecule has 13 heteroatoms. The SMILES string of the molecule is C=C(CC[C@]12O[C@H](C(=O)O)[C@@](O)(C(=O)O)[C@](C(=O)O)(O1)[C@H](O)[C@H]2O)[C@@H](OC(C)=O)[C@H](C)Cc1ccccc1. The molecule has 38 heavy (non-hydrogen) atoms. The van der Waals surface area contributed by atoms with E-state index in [1.54, 1.807) is 6.92 Å². The van der Waals surface area contributed by atoms with E-state index in [9.17, 15) is 49.8 Å². The van der Waals surface area contributed by atoms with E-state index in [0.717, 1.165) is 5.56 Å². The summed E-state index contributed by atoms with van der Waals surface area (Å²) < 4.78 is 16.0. The van der Waals surface area contributed by atoms with Gasteiger partial charge in [0.05, 0.1) is 0 Å². The fourth-order valence-corrected chi connectivity index (χ4v) is 5.17. The number of rotatable bonds is 11. The fourth-order valence-electron chi connectivity index (χ4n) is 5.17. The summed E-state index contributed by atoms with van der Waals surface area (Å²) in [6.45, 7) is 6.93. The lowest BCUT2D eigenvalue weighted by molar-refractivity contribution is -0.374. The number of hydrogen-bond donors (Lipinski definition) is 6. The third-order valence-electron chi connectivity index (χ3n) is 7.04. The molecular formula is C25H30O13. The van der Waals surface area contributed by atoms with Crippen molar-refractivity contribution in [3.05, 3.63) is 48.0 Å². The number of aliphatic carboxylic acids is 3. The zero-order valence-corrected chi connectivity index (χ0v) is 20.6. The van der Waals surface area contributed by atoms with Crippen LogP contribution >= 0.6 is 0 Å². The van der Waals surface area contributed by atoms with E-state index < -0.39 is 71.7 Å². The van der Waals surface area contributed by atoms with Crippen LogP contribution in [-0.4, -0.2) is 95.9 Å². The van der Waals surface area contributed by atoms with Crippen LogP contribution in [0, 0.1) is 5.92 Å². The molecule has 0 radical (unpaired) electrons. The molecule has 1 aromatic rings. The van der Waals surface area contributed by atoms with Crippen molar-refractivity contribution in [1.82, 2.24) is 0 Å². The summed E-state index contributed by atoms with van der Waals surface area (Å²) in [6.07, 6.45) is -8.75. The lowest BCUT2D eigenvalue weighted by Crippen LogP contribution is -2.77. The molecule has 2 heterocycles. The molecule has 2 aliphatic heterocycles. The molecule has 13 nitrogen and oxygen atoms in total. The minimum atomic E-state index is -3.81. The van der Waals surface area contributed by atoms with Crippen LogP contribution < -0.4 is 0 Å². The maximum atomic E-state index is 12.2. The Morgan fingerprint density at radius 3 is 2.16 bits per heavy atom. The van der Waals surface area contributed by atoms with Crippen LogP contribution in [0.1, 0.15) is 32.3 Å². The van der Waals surface area contributed by atoms with Crippen molar-refractivity contribution in [1.29, 1.82) is 0 Å². The Balaban J connectivity index is 1.93. The molecule has 8 atom stereocenters. The summed E-state index contributed by atoms with van der Waals surface area (Å²) in [5.41, 5.74) is -6.09. The molecule has 1 aromatic carbocycles. The average molecular weight is 539 g/mol. The Labute approximate surface area is 216 Å². The quantitative estimate of drug-likeness (QED) is 0.158. The van der Waals surface area contributed by atoms with Gasteiger partial charge in [-0.05, 0) is 24.0 Å². The second-order valence-electron chi connectivity index (χ2n) is 9.61. The van der Waals surface area contributed by atoms with Gasteiger partial charge >= 0.3 is 23.9 Å². The van der Waals surface area contributed by atoms with Gasteiger partial charge in [-0.15, -0.1) is 0 Å². The van der Waals surface area contributed by atoms with Gasteiger partial charge in [-0.1, -0.05) is 43.8 Å². The minimum absolute atomic E-state index is 0.200. The number of esters is 1. The molecule has 2 fully saturated rings. The summed E-state index contributed by atoms with van der Waals surface area (Å²) >= 11 is 0. The van der Waals surface area contributed by atoms with Gasteiger partial charge in [-0.2, -0.15) is 0 Å². The first-order chi connectivity index (χ1) is 17.6. The number of ether oxygens (including phenoxy) is 3. The lowest BCUT2D eigenvalue weighted by atomic mass is 9.74. The van der Waals surface area contributed by atoms with Crippen molar-refractivity contribution in [2.45, 2.75) is 74.5 Å². The number of hydrogen-bond acceptors (Lipinski definition) is 10. The van der Waals surface area contributed by atoms with Crippen LogP contribution in [0.4, 0.5) is 0 Å². The molecule has 6 N–H and O–H groups in total. The summed E-state index contributed by atoms with van der Waals surface area (Å²) in [6, 6.07) is 9.28. The Morgan fingerprint density at radius 1 is 1.05 bits per heavy atom. The van der Waals surface area contributed by atoms with Gasteiger partial charge in [-0.25, -0.2) is 14.4 Å². The van der Waals surface area contributed by atoms with Crippen LogP contribution in [0.3, 0.4) is 0 Å².